The van der Waals surface area contributed by atoms with Gasteiger partial charge in [0.15, 0.2) is 11.5 Å². The van der Waals surface area contributed by atoms with Crippen molar-refractivity contribution in [2.75, 3.05) is 19.5 Å². The molecule has 0 aromatic heterocycles. The van der Waals surface area contributed by atoms with E-state index in [1.54, 1.807) is 49.6 Å². The van der Waals surface area contributed by atoms with Gasteiger partial charge in [-0.05, 0) is 47.5 Å². The van der Waals surface area contributed by atoms with E-state index in [2.05, 4.69) is 15.8 Å². The zero-order chi connectivity index (χ0) is 26.0. The van der Waals surface area contributed by atoms with Gasteiger partial charge in [-0.3, -0.25) is 9.59 Å². The summed E-state index contributed by atoms with van der Waals surface area (Å²) in [5, 5.41) is 7.00. The number of carbonyl (C=O) groups is 2. The highest BCUT2D eigenvalue weighted by Gasteiger charge is 2.22. The Morgan fingerprint density at radius 3 is 1.95 bits per heavy atom. The second-order valence-electron chi connectivity index (χ2n) is 8.10. The maximum absolute atomic E-state index is 13.3. The van der Waals surface area contributed by atoms with Gasteiger partial charge in [-0.2, -0.15) is 5.10 Å². The number of hydrogen-bond donors (Lipinski definition) is 2. The van der Waals surface area contributed by atoms with E-state index in [0.29, 0.717) is 28.3 Å². The van der Waals surface area contributed by atoms with Crippen LogP contribution in [0, 0.1) is 0 Å². The quantitative estimate of drug-likeness (QED) is 0.247. The molecule has 2 amide bonds. The molecule has 0 heterocycles. The van der Waals surface area contributed by atoms with Crippen LogP contribution in [0.2, 0.25) is 0 Å². The predicted molar refractivity (Wildman–Crippen MR) is 144 cm³/mol. The maximum Gasteiger partial charge on any atom is 0.271 e. The summed E-state index contributed by atoms with van der Waals surface area (Å²) in [6.45, 7) is 0. The molecule has 2 N–H and O–H groups in total. The van der Waals surface area contributed by atoms with Gasteiger partial charge in [0.2, 0.25) is 5.91 Å². The third-order valence-electron chi connectivity index (χ3n) is 5.75. The number of amides is 2. The molecule has 0 fully saturated rings. The first-order chi connectivity index (χ1) is 18.1. The zero-order valence-electron chi connectivity index (χ0n) is 20.5. The zero-order valence-corrected chi connectivity index (χ0v) is 20.5. The Kier molecular flexibility index (Phi) is 8.29. The summed E-state index contributed by atoms with van der Waals surface area (Å²) in [6, 6.07) is 31.3. The van der Waals surface area contributed by atoms with Crippen molar-refractivity contribution in [2.24, 2.45) is 5.10 Å². The van der Waals surface area contributed by atoms with E-state index >= 15 is 0 Å². The molecule has 0 unspecified atom stereocenters. The lowest BCUT2D eigenvalue weighted by atomic mass is 9.90. The smallest absolute Gasteiger partial charge is 0.271 e. The average molecular weight is 494 g/mol. The predicted octanol–water partition coefficient (Wildman–Crippen LogP) is 5.24. The first kappa shape index (κ1) is 25.2. The molecular formula is C30H27N3O4. The van der Waals surface area contributed by atoms with Crippen molar-refractivity contribution in [3.63, 3.8) is 0 Å². The largest absolute Gasteiger partial charge is 0.493 e. The van der Waals surface area contributed by atoms with Crippen LogP contribution in [0.1, 0.15) is 33.0 Å². The third kappa shape index (κ3) is 6.21. The second-order valence-corrected chi connectivity index (χ2v) is 8.10. The highest BCUT2D eigenvalue weighted by atomic mass is 16.5. The molecule has 0 aliphatic rings. The standard InChI is InChI=1S/C30H27N3O4/c1-36-26-15-9-14-24(28(26)37-2)20-31-33-29(34)23-16-18-25(19-17-23)32-30(35)27(21-10-5-3-6-11-21)22-12-7-4-8-13-22/h3-20,27H,1-2H3,(H,32,35)(H,33,34). The fraction of sp³-hybridized carbons (Fsp3) is 0.100. The third-order valence-corrected chi connectivity index (χ3v) is 5.75. The molecule has 0 bridgehead atoms. The van der Waals surface area contributed by atoms with E-state index in [0.717, 1.165) is 11.1 Å². The van der Waals surface area contributed by atoms with E-state index < -0.39 is 5.92 Å². The molecule has 0 aliphatic heterocycles. The van der Waals surface area contributed by atoms with Gasteiger partial charge in [0.25, 0.3) is 5.91 Å². The Labute approximate surface area is 215 Å². The van der Waals surface area contributed by atoms with Gasteiger partial charge in [-0.15, -0.1) is 0 Å². The van der Waals surface area contributed by atoms with E-state index in [1.165, 1.54) is 13.3 Å². The average Bonchev–Trinajstić information content (AvgIpc) is 2.94. The molecule has 0 spiro atoms. The van der Waals surface area contributed by atoms with Crippen LogP contribution in [-0.4, -0.2) is 32.2 Å². The van der Waals surface area contributed by atoms with Crippen molar-refractivity contribution in [1.82, 2.24) is 5.43 Å². The van der Waals surface area contributed by atoms with Gasteiger partial charge in [0, 0.05) is 16.8 Å². The molecule has 4 rings (SSSR count). The molecule has 4 aromatic carbocycles. The van der Waals surface area contributed by atoms with E-state index in [9.17, 15) is 9.59 Å². The van der Waals surface area contributed by atoms with Crippen LogP contribution in [0.25, 0.3) is 0 Å². The minimum absolute atomic E-state index is 0.161. The monoisotopic (exact) mass is 493 g/mol. The van der Waals surface area contributed by atoms with Gasteiger partial charge < -0.3 is 14.8 Å². The van der Waals surface area contributed by atoms with Gasteiger partial charge in [-0.25, -0.2) is 5.43 Å². The number of para-hydroxylation sites is 1. The van der Waals surface area contributed by atoms with Crippen molar-refractivity contribution in [2.45, 2.75) is 5.92 Å². The number of ether oxygens (including phenoxy) is 2. The Morgan fingerprint density at radius 2 is 1.38 bits per heavy atom. The van der Waals surface area contributed by atoms with Gasteiger partial charge >= 0.3 is 0 Å². The fourth-order valence-corrected chi connectivity index (χ4v) is 3.94. The molecule has 0 saturated heterocycles. The summed E-state index contributed by atoms with van der Waals surface area (Å²) in [5.74, 6) is 0.0757. The fourth-order valence-electron chi connectivity index (χ4n) is 3.94. The molecule has 37 heavy (non-hydrogen) atoms. The van der Waals surface area contributed by atoms with Crippen molar-refractivity contribution < 1.29 is 19.1 Å². The van der Waals surface area contributed by atoms with Crippen molar-refractivity contribution in [1.29, 1.82) is 0 Å². The molecule has 186 valence electrons. The van der Waals surface area contributed by atoms with Crippen LogP contribution in [0.15, 0.2) is 108 Å². The summed E-state index contributed by atoms with van der Waals surface area (Å²) < 4.78 is 10.6. The van der Waals surface area contributed by atoms with Crippen LogP contribution >= 0.6 is 0 Å². The number of hydrogen-bond acceptors (Lipinski definition) is 5. The lowest BCUT2D eigenvalue weighted by molar-refractivity contribution is -0.116. The number of anilines is 1. The van der Waals surface area contributed by atoms with Gasteiger partial charge in [0.05, 0.1) is 26.4 Å². The number of hydrazone groups is 1. The van der Waals surface area contributed by atoms with Crippen LogP contribution < -0.4 is 20.2 Å². The molecular weight excluding hydrogens is 466 g/mol. The summed E-state index contributed by atoms with van der Waals surface area (Å²) in [6.07, 6.45) is 1.49. The molecule has 0 saturated carbocycles. The molecule has 0 atom stereocenters. The molecule has 4 aromatic rings. The number of rotatable bonds is 9. The minimum atomic E-state index is -0.465. The first-order valence-electron chi connectivity index (χ1n) is 11.7. The maximum atomic E-state index is 13.3. The molecule has 7 nitrogen and oxygen atoms in total. The topological polar surface area (TPSA) is 89.0 Å². The van der Waals surface area contributed by atoms with Crippen LogP contribution in [0.4, 0.5) is 5.69 Å². The van der Waals surface area contributed by atoms with Crippen LogP contribution in [0.3, 0.4) is 0 Å². The normalized spacial score (nSPS) is 10.8. The summed E-state index contributed by atoms with van der Waals surface area (Å²) >= 11 is 0. The first-order valence-corrected chi connectivity index (χ1v) is 11.7. The van der Waals surface area contributed by atoms with Gasteiger partial charge in [-0.1, -0.05) is 66.7 Å². The number of nitrogens with one attached hydrogen (secondary N) is 2. The number of benzene rings is 4. The number of methoxy groups -OCH3 is 2. The van der Waals surface area contributed by atoms with Crippen molar-refractivity contribution in [3.8, 4) is 11.5 Å². The Bertz CT molecular complexity index is 1330. The highest BCUT2D eigenvalue weighted by molar-refractivity contribution is 5.99. The van der Waals surface area contributed by atoms with E-state index in [1.807, 2.05) is 60.7 Å². The summed E-state index contributed by atoms with van der Waals surface area (Å²) in [5.41, 5.74) is 5.94. The number of carbonyl (C=O) groups excluding carboxylic acids is 2. The van der Waals surface area contributed by atoms with Crippen molar-refractivity contribution >= 4 is 23.7 Å². The lowest BCUT2D eigenvalue weighted by Crippen LogP contribution is -2.22. The Balaban J connectivity index is 1.43. The summed E-state index contributed by atoms with van der Waals surface area (Å²) in [7, 11) is 3.09. The molecule has 7 heteroatoms. The van der Waals surface area contributed by atoms with Crippen LogP contribution in [0.5, 0.6) is 11.5 Å². The van der Waals surface area contributed by atoms with Gasteiger partial charge in [0.1, 0.15) is 0 Å². The minimum Gasteiger partial charge on any atom is -0.493 e. The van der Waals surface area contributed by atoms with Crippen LogP contribution in [-0.2, 0) is 4.79 Å². The van der Waals surface area contributed by atoms with E-state index in [-0.39, 0.29) is 11.8 Å². The molecule has 0 aliphatic carbocycles. The number of nitrogens with zero attached hydrogens (tertiary/aromatic N) is 1. The lowest BCUT2D eigenvalue weighted by Gasteiger charge is -2.18. The van der Waals surface area contributed by atoms with E-state index in [4.69, 9.17) is 9.47 Å². The SMILES string of the molecule is COc1cccc(C=NNC(=O)c2ccc(NC(=O)C(c3ccccc3)c3ccccc3)cc2)c1OC. The second kappa shape index (κ2) is 12.2. The Hall–Kier alpha value is -4.91. The molecule has 0 radical (unpaired) electrons. The Morgan fingerprint density at radius 1 is 0.757 bits per heavy atom. The highest BCUT2D eigenvalue weighted by Crippen LogP contribution is 2.29. The van der Waals surface area contributed by atoms with Crippen molar-refractivity contribution in [3.05, 3.63) is 125 Å². The summed E-state index contributed by atoms with van der Waals surface area (Å²) in [4.78, 5) is 25.8.